The standard InChI is InChI=1S/C30H29ClN4O3S/c1-3-34(4-2)26(36)18-35-24-15-14-21(31)17-25(24)39-28(19-10-6-5-7-11-19)27(30(35)38)33-29(37)23-16-20-12-8-9-13-22(20)32-23/h5-17,27-28,32H,3-4,18H2,1-2H3,(H,33,37)/t27-,28-/m1/s1. The van der Waals surface area contributed by atoms with Crippen LogP contribution in [0.4, 0.5) is 5.69 Å². The molecule has 0 spiro atoms. The van der Waals surface area contributed by atoms with E-state index >= 15 is 0 Å². The van der Waals surface area contributed by atoms with Gasteiger partial charge in [-0.25, -0.2) is 0 Å². The van der Waals surface area contributed by atoms with Crippen molar-refractivity contribution in [2.24, 2.45) is 0 Å². The van der Waals surface area contributed by atoms with Crippen LogP contribution in [-0.2, 0) is 9.59 Å². The van der Waals surface area contributed by atoms with Crippen LogP contribution in [0.5, 0.6) is 0 Å². The van der Waals surface area contributed by atoms with Gasteiger partial charge in [0.05, 0.1) is 10.9 Å². The third-order valence-corrected chi connectivity index (χ3v) is 8.51. The average Bonchev–Trinajstić information content (AvgIpc) is 3.35. The van der Waals surface area contributed by atoms with Gasteiger partial charge in [0.1, 0.15) is 18.3 Å². The fraction of sp³-hybridized carbons (Fsp3) is 0.233. The SMILES string of the molecule is CCN(CC)C(=O)CN1C(=O)[C@H](NC(=O)c2cc3ccccc3[nH]2)[C@@H](c2ccccc2)Sc2cc(Cl)ccc21. The number of amides is 3. The lowest BCUT2D eigenvalue weighted by Gasteiger charge is -2.30. The molecule has 0 radical (unpaired) electrons. The molecule has 39 heavy (non-hydrogen) atoms. The third kappa shape index (κ3) is 5.53. The van der Waals surface area contributed by atoms with Crippen molar-refractivity contribution in [3.05, 3.63) is 95.1 Å². The number of para-hydroxylation sites is 1. The van der Waals surface area contributed by atoms with Crippen molar-refractivity contribution >= 4 is 57.7 Å². The molecule has 3 aromatic carbocycles. The van der Waals surface area contributed by atoms with E-state index in [1.165, 1.54) is 16.7 Å². The minimum atomic E-state index is -0.952. The Morgan fingerprint density at radius 1 is 1.00 bits per heavy atom. The Morgan fingerprint density at radius 3 is 2.44 bits per heavy atom. The highest BCUT2D eigenvalue weighted by Gasteiger charge is 2.40. The molecule has 0 saturated carbocycles. The number of carbonyl (C=O) groups is 3. The number of nitrogens with zero attached hydrogens (tertiary/aromatic N) is 2. The molecule has 0 bridgehead atoms. The summed E-state index contributed by atoms with van der Waals surface area (Å²) >= 11 is 7.84. The Kier molecular flexibility index (Phi) is 7.95. The van der Waals surface area contributed by atoms with Gasteiger partial charge in [0, 0.05) is 33.9 Å². The molecule has 0 aliphatic carbocycles. The van der Waals surface area contributed by atoms with Crippen LogP contribution < -0.4 is 10.2 Å². The maximum Gasteiger partial charge on any atom is 0.268 e. The topological polar surface area (TPSA) is 85.5 Å². The van der Waals surface area contributed by atoms with Crippen molar-refractivity contribution in [2.75, 3.05) is 24.5 Å². The Hall–Kier alpha value is -3.75. The number of benzene rings is 3. The highest BCUT2D eigenvalue weighted by Crippen LogP contribution is 2.46. The lowest BCUT2D eigenvalue weighted by Crippen LogP contribution is -2.53. The number of hydrogen-bond acceptors (Lipinski definition) is 4. The van der Waals surface area contributed by atoms with E-state index in [0.717, 1.165) is 21.4 Å². The van der Waals surface area contributed by atoms with Gasteiger partial charge in [0.2, 0.25) is 5.91 Å². The minimum absolute atomic E-state index is 0.143. The molecule has 200 valence electrons. The van der Waals surface area contributed by atoms with E-state index < -0.39 is 17.2 Å². The summed E-state index contributed by atoms with van der Waals surface area (Å²) in [7, 11) is 0. The molecule has 4 aromatic rings. The van der Waals surface area contributed by atoms with Gasteiger partial charge in [-0.05, 0) is 49.7 Å². The van der Waals surface area contributed by atoms with Crippen molar-refractivity contribution in [1.82, 2.24) is 15.2 Å². The molecule has 1 aliphatic rings. The molecule has 2 N–H and O–H groups in total. The van der Waals surface area contributed by atoms with Crippen LogP contribution in [-0.4, -0.2) is 53.3 Å². The van der Waals surface area contributed by atoms with Gasteiger partial charge in [-0.2, -0.15) is 0 Å². The molecule has 0 saturated heterocycles. The fourth-order valence-corrected chi connectivity index (χ4v) is 6.47. The minimum Gasteiger partial charge on any atom is -0.351 e. The number of aromatic amines is 1. The monoisotopic (exact) mass is 560 g/mol. The summed E-state index contributed by atoms with van der Waals surface area (Å²) in [6.07, 6.45) is 0. The molecule has 1 aliphatic heterocycles. The first kappa shape index (κ1) is 26.8. The predicted molar refractivity (Wildman–Crippen MR) is 156 cm³/mol. The normalized spacial score (nSPS) is 17.0. The maximum atomic E-state index is 14.3. The number of anilines is 1. The number of thioether (sulfide) groups is 1. The molecule has 7 nitrogen and oxygen atoms in total. The van der Waals surface area contributed by atoms with E-state index in [-0.39, 0.29) is 18.4 Å². The summed E-state index contributed by atoms with van der Waals surface area (Å²) < 4.78 is 0. The summed E-state index contributed by atoms with van der Waals surface area (Å²) in [6, 6.07) is 23.3. The first-order valence-electron chi connectivity index (χ1n) is 12.9. The predicted octanol–water partition coefficient (Wildman–Crippen LogP) is 5.67. The number of halogens is 1. The van der Waals surface area contributed by atoms with Gasteiger partial charge in [-0.3, -0.25) is 14.4 Å². The number of fused-ring (bicyclic) bond motifs is 2. The Bertz CT molecular complexity index is 1490. The number of rotatable bonds is 7. The van der Waals surface area contributed by atoms with Crippen molar-refractivity contribution in [1.29, 1.82) is 0 Å². The van der Waals surface area contributed by atoms with Gasteiger partial charge < -0.3 is 20.1 Å². The number of nitrogens with one attached hydrogen (secondary N) is 2. The molecular formula is C30H29ClN4O3S. The molecule has 3 amide bonds. The Balaban J connectivity index is 1.57. The second-order valence-corrected chi connectivity index (χ2v) is 10.9. The zero-order chi connectivity index (χ0) is 27.5. The largest absolute Gasteiger partial charge is 0.351 e. The highest BCUT2D eigenvalue weighted by molar-refractivity contribution is 7.99. The number of hydrogen-bond donors (Lipinski definition) is 2. The molecule has 2 atom stereocenters. The highest BCUT2D eigenvalue weighted by atomic mass is 35.5. The smallest absolute Gasteiger partial charge is 0.268 e. The zero-order valence-corrected chi connectivity index (χ0v) is 23.3. The van der Waals surface area contributed by atoms with Crippen LogP contribution >= 0.6 is 23.4 Å². The van der Waals surface area contributed by atoms with Crippen LogP contribution in [0.25, 0.3) is 10.9 Å². The van der Waals surface area contributed by atoms with Gasteiger partial charge in [0.15, 0.2) is 0 Å². The number of likely N-dealkylation sites (N-methyl/N-ethyl adjacent to an activating group) is 1. The Labute approximate surface area is 236 Å². The van der Waals surface area contributed by atoms with E-state index in [0.29, 0.717) is 29.5 Å². The van der Waals surface area contributed by atoms with E-state index in [9.17, 15) is 14.4 Å². The molecule has 0 fully saturated rings. The molecule has 1 aromatic heterocycles. The fourth-order valence-electron chi connectivity index (χ4n) is 4.86. The second-order valence-electron chi connectivity index (χ2n) is 9.27. The van der Waals surface area contributed by atoms with Crippen molar-refractivity contribution in [3.8, 4) is 0 Å². The molecule has 9 heteroatoms. The van der Waals surface area contributed by atoms with E-state index in [1.807, 2.05) is 74.5 Å². The van der Waals surface area contributed by atoms with Crippen LogP contribution in [0.15, 0.2) is 83.8 Å². The first-order valence-corrected chi connectivity index (χ1v) is 14.1. The Morgan fingerprint density at radius 2 is 1.72 bits per heavy atom. The summed E-state index contributed by atoms with van der Waals surface area (Å²) in [4.78, 5) is 48.2. The molecule has 0 unspecified atom stereocenters. The van der Waals surface area contributed by atoms with E-state index in [4.69, 9.17) is 11.6 Å². The van der Waals surface area contributed by atoms with Gasteiger partial charge >= 0.3 is 0 Å². The third-order valence-electron chi connectivity index (χ3n) is 6.90. The van der Waals surface area contributed by atoms with Crippen molar-refractivity contribution in [3.63, 3.8) is 0 Å². The summed E-state index contributed by atoms with van der Waals surface area (Å²) in [6.45, 7) is 4.74. The van der Waals surface area contributed by atoms with Crippen LogP contribution in [0.3, 0.4) is 0 Å². The molecule has 5 rings (SSSR count). The van der Waals surface area contributed by atoms with Crippen LogP contribution in [0.1, 0.15) is 35.1 Å². The lowest BCUT2D eigenvalue weighted by atomic mass is 10.0. The van der Waals surface area contributed by atoms with Crippen molar-refractivity contribution < 1.29 is 14.4 Å². The summed E-state index contributed by atoms with van der Waals surface area (Å²) in [5.74, 6) is -0.925. The quantitative estimate of drug-likeness (QED) is 0.305. The van der Waals surface area contributed by atoms with Crippen LogP contribution in [0.2, 0.25) is 5.02 Å². The van der Waals surface area contributed by atoms with E-state index in [2.05, 4.69) is 10.3 Å². The zero-order valence-electron chi connectivity index (χ0n) is 21.7. The van der Waals surface area contributed by atoms with Gasteiger partial charge in [-0.1, -0.05) is 60.1 Å². The summed E-state index contributed by atoms with van der Waals surface area (Å²) in [5.41, 5.74) is 2.66. The number of aromatic nitrogens is 1. The molecule has 2 heterocycles. The van der Waals surface area contributed by atoms with Gasteiger partial charge in [0.25, 0.3) is 11.8 Å². The lowest BCUT2D eigenvalue weighted by molar-refractivity contribution is -0.131. The summed E-state index contributed by atoms with van der Waals surface area (Å²) in [5, 5.41) is 3.97. The maximum absolute atomic E-state index is 14.3. The first-order chi connectivity index (χ1) is 18.9. The van der Waals surface area contributed by atoms with E-state index in [1.54, 1.807) is 23.1 Å². The van der Waals surface area contributed by atoms with Crippen molar-refractivity contribution in [2.45, 2.75) is 30.0 Å². The second kappa shape index (κ2) is 11.6. The van der Waals surface area contributed by atoms with Crippen LogP contribution in [0, 0.1) is 0 Å². The molecular weight excluding hydrogens is 532 g/mol. The van der Waals surface area contributed by atoms with Gasteiger partial charge in [-0.15, -0.1) is 11.8 Å². The number of carbonyl (C=O) groups excluding carboxylic acids is 3. The number of H-pyrrole nitrogens is 1. The average molecular weight is 561 g/mol.